The van der Waals surface area contributed by atoms with Gasteiger partial charge in [0.1, 0.15) is 0 Å². The number of non-ortho nitro benzene ring substituents is 1. The molecule has 33 heavy (non-hydrogen) atoms. The summed E-state index contributed by atoms with van der Waals surface area (Å²) in [5, 5.41) is 11.5. The third kappa shape index (κ3) is 3.96. The average molecular weight is 447 g/mol. The number of rotatable bonds is 4. The molecule has 0 aromatic heterocycles. The topological polar surface area (TPSA) is 69.9 Å². The number of fused-ring (bicyclic) bond motifs is 3. The third-order valence-electron chi connectivity index (χ3n) is 7.35. The highest BCUT2D eigenvalue weighted by Gasteiger charge is 2.36. The molecular formula is C26H30N4O3. The lowest BCUT2D eigenvalue weighted by atomic mass is 9.84. The van der Waals surface area contributed by atoms with E-state index in [1.54, 1.807) is 12.1 Å². The number of ketones is 1. The molecule has 2 aromatic carbocycles. The smallest absolute Gasteiger partial charge is 0.270 e. The highest BCUT2D eigenvalue weighted by molar-refractivity contribution is 6.02. The molecule has 0 atom stereocenters. The van der Waals surface area contributed by atoms with Gasteiger partial charge >= 0.3 is 0 Å². The lowest BCUT2D eigenvalue weighted by Gasteiger charge is -2.41. The predicted octanol–water partition coefficient (Wildman–Crippen LogP) is 4.17. The summed E-state index contributed by atoms with van der Waals surface area (Å²) in [4.78, 5) is 30.9. The Kier molecular flexibility index (Phi) is 5.56. The van der Waals surface area contributed by atoms with Gasteiger partial charge in [0.15, 0.2) is 5.78 Å². The van der Waals surface area contributed by atoms with E-state index in [0.29, 0.717) is 5.70 Å². The number of piperidine rings is 3. The second-order valence-corrected chi connectivity index (χ2v) is 9.37. The summed E-state index contributed by atoms with van der Waals surface area (Å²) >= 11 is 0. The van der Waals surface area contributed by atoms with Gasteiger partial charge in [-0.15, -0.1) is 0 Å². The molecule has 0 spiro atoms. The van der Waals surface area contributed by atoms with E-state index >= 15 is 0 Å². The first-order valence-electron chi connectivity index (χ1n) is 11.8. The molecule has 0 unspecified atom stereocenters. The number of carbonyl (C=O) groups excluding carboxylic acids is 1. The standard InChI is InChI=1S/C26H30N4O3/c1-18-4-3-5-19(2)25(18)29-14-12-28(13-15-29)23-7-6-22(30(32)33)16-21(23)17-24-26(31)20-8-10-27(24)11-9-20/h3-7,16-17,20H,8-15H2,1-2H3. The van der Waals surface area contributed by atoms with Crippen LogP contribution in [-0.2, 0) is 4.79 Å². The van der Waals surface area contributed by atoms with Crippen LogP contribution in [0.15, 0.2) is 42.1 Å². The number of aryl methyl sites for hydroxylation is 2. The summed E-state index contributed by atoms with van der Waals surface area (Å²) < 4.78 is 0. The molecule has 6 rings (SSSR count). The number of nitro benzene ring substituents is 1. The van der Waals surface area contributed by atoms with Crippen molar-refractivity contribution in [3.05, 3.63) is 68.9 Å². The summed E-state index contributed by atoms with van der Waals surface area (Å²) in [5.41, 5.74) is 6.37. The number of hydrogen-bond donors (Lipinski definition) is 0. The zero-order valence-corrected chi connectivity index (χ0v) is 19.3. The van der Waals surface area contributed by atoms with E-state index in [2.05, 4.69) is 46.7 Å². The van der Waals surface area contributed by atoms with Crippen molar-refractivity contribution in [3.63, 3.8) is 0 Å². The van der Waals surface area contributed by atoms with Gasteiger partial charge in [0.05, 0.1) is 10.6 Å². The largest absolute Gasteiger partial charge is 0.369 e. The van der Waals surface area contributed by atoms with Gasteiger partial charge in [-0.25, -0.2) is 0 Å². The molecule has 0 amide bonds. The Bertz CT molecular complexity index is 1110. The maximum absolute atomic E-state index is 12.9. The van der Waals surface area contributed by atoms with Crippen molar-refractivity contribution in [1.82, 2.24) is 4.90 Å². The number of allylic oxidation sites excluding steroid dienone is 1. The third-order valence-corrected chi connectivity index (χ3v) is 7.35. The monoisotopic (exact) mass is 446 g/mol. The van der Waals surface area contributed by atoms with Crippen LogP contribution in [0.2, 0.25) is 0 Å². The average Bonchev–Trinajstić information content (AvgIpc) is 2.82. The summed E-state index contributed by atoms with van der Waals surface area (Å²) in [5.74, 6) is 0.286. The van der Waals surface area contributed by atoms with Crippen LogP contribution in [0, 0.1) is 29.9 Å². The van der Waals surface area contributed by atoms with Gasteiger partial charge in [0.2, 0.25) is 0 Å². The number of nitro groups is 1. The highest BCUT2D eigenvalue weighted by Crippen LogP contribution is 2.36. The van der Waals surface area contributed by atoms with E-state index in [-0.39, 0.29) is 22.3 Å². The fraction of sp³-hybridized carbons (Fsp3) is 0.423. The maximum Gasteiger partial charge on any atom is 0.270 e. The molecule has 2 bridgehead atoms. The Morgan fingerprint density at radius 2 is 1.55 bits per heavy atom. The minimum atomic E-state index is -0.361. The van der Waals surface area contributed by atoms with Crippen molar-refractivity contribution in [2.45, 2.75) is 26.7 Å². The van der Waals surface area contributed by atoms with E-state index in [1.165, 1.54) is 16.8 Å². The maximum atomic E-state index is 12.9. The Morgan fingerprint density at radius 1 is 0.909 bits per heavy atom. The van der Waals surface area contributed by atoms with Crippen LogP contribution in [-0.4, -0.2) is 54.9 Å². The quantitative estimate of drug-likeness (QED) is 0.399. The van der Waals surface area contributed by atoms with E-state index in [0.717, 1.165) is 63.4 Å². The fourth-order valence-corrected chi connectivity index (χ4v) is 5.59. The lowest BCUT2D eigenvalue weighted by molar-refractivity contribution is -0.384. The van der Waals surface area contributed by atoms with Gasteiger partial charge in [-0.05, 0) is 50.0 Å². The number of anilines is 2. The molecule has 4 aliphatic rings. The molecule has 4 heterocycles. The first-order valence-corrected chi connectivity index (χ1v) is 11.8. The van der Waals surface area contributed by atoms with E-state index < -0.39 is 0 Å². The Morgan fingerprint density at radius 3 is 2.15 bits per heavy atom. The highest BCUT2D eigenvalue weighted by atomic mass is 16.6. The Labute approximate surface area is 194 Å². The molecule has 4 saturated heterocycles. The first kappa shape index (κ1) is 21.5. The number of Topliss-reactive ketones (excluding diaryl/α,β-unsaturated/α-hetero) is 1. The van der Waals surface area contributed by atoms with Crippen molar-refractivity contribution in [2.24, 2.45) is 5.92 Å². The summed E-state index contributed by atoms with van der Waals surface area (Å²) in [6.45, 7) is 9.49. The van der Waals surface area contributed by atoms with Crippen molar-refractivity contribution in [2.75, 3.05) is 49.1 Å². The number of para-hydroxylation sites is 1. The van der Waals surface area contributed by atoms with Gasteiger partial charge < -0.3 is 14.7 Å². The van der Waals surface area contributed by atoms with Crippen molar-refractivity contribution in [3.8, 4) is 0 Å². The minimum absolute atomic E-state index is 0.0585. The molecule has 0 N–H and O–H groups in total. The molecule has 7 nitrogen and oxygen atoms in total. The first-order chi connectivity index (χ1) is 15.9. The second kappa shape index (κ2) is 8.54. The summed E-state index contributed by atoms with van der Waals surface area (Å²) in [6.07, 6.45) is 3.73. The number of hydrogen-bond acceptors (Lipinski definition) is 6. The zero-order chi connectivity index (χ0) is 23.1. The second-order valence-electron chi connectivity index (χ2n) is 9.37. The Balaban J connectivity index is 1.44. The summed E-state index contributed by atoms with van der Waals surface area (Å²) in [6, 6.07) is 11.4. The van der Waals surface area contributed by atoms with Crippen molar-refractivity contribution < 1.29 is 9.72 Å². The predicted molar refractivity (Wildman–Crippen MR) is 131 cm³/mol. The number of nitrogens with zero attached hydrogens (tertiary/aromatic N) is 4. The lowest BCUT2D eigenvalue weighted by Crippen LogP contribution is -2.47. The van der Waals surface area contributed by atoms with Crippen LogP contribution < -0.4 is 9.80 Å². The van der Waals surface area contributed by atoms with Gasteiger partial charge in [-0.1, -0.05) is 18.2 Å². The van der Waals surface area contributed by atoms with Crippen LogP contribution in [0.5, 0.6) is 0 Å². The van der Waals surface area contributed by atoms with Gasteiger partial charge in [-0.2, -0.15) is 0 Å². The molecule has 0 saturated carbocycles. The molecular weight excluding hydrogens is 416 g/mol. The van der Waals surface area contributed by atoms with Crippen LogP contribution >= 0.6 is 0 Å². The normalized spacial score (nSPS) is 20.1. The van der Waals surface area contributed by atoms with Gasteiger partial charge in [0, 0.05) is 74.3 Å². The number of carbonyl (C=O) groups is 1. The van der Waals surface area contributed by atoms with Crippen LogP contribution in [0.1, 0.15) is 29.5 Å². The molecule has 0 aliphatic carbocycles. The number of benzene rings is 2. The van der Waals surface area contributed by atoms with Crippen molar-refractivity contribution >= 4 is 28.9 Å². The molecule has 0 radical (unpaired) electrons. The van der Waals surface area contributed by atoms with E-state index in [9.17, 15) is 14.9 Å². The van der Waals surface area contributed by atoms with Gasteiger partial charge in [-0.3, -0.25) is 14.9 Å². The van der Waals surface area contributed by atoms with Crippen molar-refractivity contribution in [1.29, 1.82) is 0 Å². The molecule has 4 aliphatic heterocycles. The molecule has 172 valence electrons. The molecule has 4 fully saturated rings. The number of piperazine rings is 1. The van der Waals surface area contributed by atoms with Crippen LogP contribution in [0.4, 0.5) is 17.1 Å². The molecule has 7 heteroatoms. The van der Waals surface area contributed by atoms with E-state index in [1.807, 2.05) is 12.1 Å². The van der Waals surface area contributed by atoms with E-state index in [4.69, 9.17) is 0 Å². The van der Waals surface area contributed by atoms with Crippen LogP contribution in [0.3, 0.4) is 0 Å². The minimum Gasteiger partial charge on any atom is -0.369 e. The Hall–Kier alpha value is -3.35. The SMILES string of the molecule is Cc1cccc(C)c1N1CCN(c2ccc([N+](=O)[O-])cc2C=C2C(=O)C3CCN2CC3)CC1. The zero-order valence-electron chi connectivity index (χ0n) is 19.3. The molecule has 2 aromatic rings. The summed E-state index contributed by atoms with van der Waals surface area (Å²) in [7, 11) is 0. The van der Waals surface area contributed by atoms with Crippen LogP contribution in [0.25, 0.3) is 6.08 Å². The fourth-order valence-electron chi connectivity index (χ4n) is 5.59. The van der Waals surface area contributed by atoms with Gasteiger partial charge in [0.25, 0.3) is 5.69 Å².